The molecule has 3 heteroatoms. The summed E-state index contributed by atoms with van der Waals surface area (Å²) in [4.78, 5) is 0. The molecular formula is C54H38BNO. The van der Waals surface area contributed by atoms with Crippen molar-refractivity contribution in [3.8, 4) is 39.4 Å². The van der Waals surface area contributed by atoms with Crippen LogP contribution in [0.2, 0.25) is 0 Å². The molecule has 1 aliphatic rings. The molecule has 10 aromatic rings. The van der Waals surface area contributed by atoms with Gasteiger partial charge in [0.1, 0.15) is 11.5 Å². The van der Waals surface area contributed by atoms with E-state index in [0.29, 0.717) is 0 Å². The van der Waals surface area contributed by atoms with Crippen LogP contribution in [0.25, 0.3) is 60.5 Å². The van der Waals surface area contributed by atoms with Gasteiger partial charge < -0.3 is 9.30 Å². The smallest absolute Gasteiger partial charge is 0.250 e. The molecule has 0 atom stereocenters. The Bertz CT molecular complexity index is 3150. The zero-order chi connectivity index (χ0) is 37.9. The van der Waals surface area contributed by atoms with Gasteiger partial charge in [-0.25, -0.2) is 0 Å². The Balaban J connectivity index is 1.06. The first-order chi connectivity index (χ1) is 28.2. The highest BCUT2D eigenvalue weighted by molar-refractivity contribution is 6.96. The SMILES string of the molecule is Cc1ccccc1-c1cc2c(cc1Cc1cccc3c(-c4ccc5c(c4)Oc4ccccc4B5c4ccccc4)cccc13)c1ccccc1n2-c1ccccc1. The average Bonchev–Trinajstić information content (AvgIpc) is 3.59. The number of nitrogens with zero attached hydrogens (tertiary/aromatic N) is 1. The van der Waals surface area contributed by atoms with Crippen LogP contribution in [0.3, 0.4) is 0 Å². The summed E-state index contributed by atoms with van der Waals surface area (Å²) >= 11 is 0. The van der Waals surface area contributed by atoms with Crippen molar-refractivity contribution in [3.63, 3.8) is 0 Å². The van der Waals surface area contributed by atoms with Gasteiger partial charge in [0.2, 0.25) is 0 Å². The van der Waals surface area contributed by atoms with Crippen LogP contribution in [0.1, 0.15) is 16.7 Å². The molecule has 0 unspecified atom stereocenters. The number of rotatable bonds is 6. The monoisotopic (exact) mass is 727 g/mol. The summed E-state index contributed by atoms with van der Waals surface area (Å²) in [5.74, 6) is 1.84. The Kier molecular flexibility index (Phi) is 7.92. The molecule has 268 valence electrons. The van der Waals surface area contributed by atoms with E-state index in [-0.39, 0.29) is 6.71 Å². The number of fused-ring (bicyclic) bond motifs is 6. The first-order valence-corrected chi connectivity index (χ1v) is 19.8. The Morgan fingerprint density at radius 1 is 0.439 bits per heavy atom. The normalized spacial score (nSPS) is 12.1. The van der Waals surface area contributed by atoms with Gasteiger partial charge in [-0.3, -0.25) is 0 Å². The van der Waals surface area contributed by atoms with Crippen LogP contribution in [0, 0.1) is 6.92 Å². The fourth-order valence-electron chi connectivity index (χ4n) is 9.30. The molecule has 0 radical (unpaired) electrons. The number of ether oxygens (including phenoxy) is 1. The predicted octanol–water partition coefficient (Wildman–Crippen LogP) is 11.8. The predicted molar refractivity (Wildman–Crippen MR) is 241 cm³/mol. The molecule has 0 spiro atoms. The van der Waals surface area contributed by atoms with Gasteiger partial charge in [0, 0.05) is 16.5 Å². The lowest BCUT2D eigenvalue weighted by atomic mass is 9.36. The zero-order valence-electron chi connectivity index (χ0n) is 31.7. The van der Waals surface area contributed by atoms with Gasteiger partial charge in [0.15, 0.2) is 0 Å². The number of hydrogen-bond acceptors (Lipinski definition) is 1. The highest BCUT2D eigenvalue weighted by Crippen LogP contribution is 2.40. The van der Waals surface area contributed by atoms with E-state index in [9.17, 15) is 0 Å². The maximum absolute atomic E-state index is 6.66. The molecule has 57 heavy (non-hydrogen) atoms. The van der Waals surface area contributed by atoms with E-state index < -0.39 is 0 Å². The summed E-state index contributed by atoms with van der Waals surface area (Å²) in [6, 6.07) is 72.8. The van der Waals surface area contributed by atoms with Crippen LogP contribution in [0.5, 0.6) is 11.5 Å². The maximum atomic E-state index is 6.66. The second kappa shape index (κ2) is 13.6. The number of benzene rings is 9. The second-order valence-electron chi connectivity index (χ2n) is 15.3. The van der Waals surface area contributed by atoms with E-state index in [4.69, 9.17) is 4.74 Å². The maximum Gasteiger partial charge on any atom is 0.250 e. The lowest BCUT2D eigenvalue weighted by molar-refractivity contribution is 0.487. The van der Waals surface area contributed by atoms with Crippen LogP contribution in [0.4, 0.5) is 0 Å². The molecule has 0 amide bonds. The Morgan fingerprint density at radius 3 is 2.00 bits per heavy atom. The molecule has 1 aliphatic heterocycles. The molecule has 11 rings (SSSR count). The Hall–Kier alpha value is -7.10. The van der Waals surface area contributed by atoms with Gasteiger partial charge in [0.05, 0.1) is 11.0 Å². The van der Waals surface area contributed by atoms with E-state index in [1.54, 1.807) is 0 Å². The van der Waals surface area contributed by atoms with E-state index in [0.717, 1.165) is 23.5 Å². The topological polar surface area (TPSA) is 14.2 Å². The van der Waals surface area contributed by atoms with E-state index >= 15 is 0 Å². The van der Waals surface area contributed by atoms with Gasteiger partial charge in [0.25, 0.3) is 6.71 Å². The number of hydrogen-bond donors (Lipinski definition) is 0. The highest BCUT2D eigenvalue weighted by atomic mass is 16.5. The van der Waals surface area contributed by atoms with Crippen LogP contribution in [-0.4, -0.2) is 11.3 Å². The van der Waals surface area contributed by atoms with Crippen molar-refractivity contribution >= 4 is 55.7 Å². The second-order valence-corrected chi connectivity index (χ2v) is 15.3. The third kappa shape index (κ3) is 5.58. The average molecular weight is 728 g/mol. The fourth-order valence-corrected chi connectivity index (χ4v) is 9.30. The molecule has 0 bridgehead atoms. The fraction of sp³-hybridized carbons (Fsp3) is 0.0370. The summed E-state index contributed by atoms with van der Waals surface area (Å²) in [6.07, 6.45) is 0.800. The van der Waals surface area contributed by atoms with E-state index in [2.05, 4.69) is 212 Å². The van der Waals surface area contributed by atoms with Crippen LogP contribution >= 0.6 is 0 Å². The molecule has 0 N–H and O–H groups in total. The zero-order valence-corrected chi connectivity index (χ0v) is 31.7. The summed E-state index contributed by atoms with van der Waals surface area (Å²) in [5, 5.41) is 5.04. The molecule has 2 nitrogen and oxygen atoms in total. The molecule has 0 aliphatic carbocycles. The van der Waals surface area contributed by atoms with Crippen LogP contribution in [-0.2, 0) is 6.42 Å². The molecule has 0 fully saturated rings. The Morgan fingerprint density at radius 2 is 1.12 bits per heavy atom. The molecule has 2 heterocycles. The molecule has 0 saturated carbocycles. The van der Waals surface area contributed by atoms with Crippen molar-refractivity contribution in [2.45, 2.75) is 13.3 Å². The van der Waals surface area contributed by atoms with Crippen molar-refractivity contribution in [1.29, 1.82) is 0 Å². The lowest BCUT2D eigenvalue weighted by Crippen LogP contribution is -2.54. The van der Waals surface area contributed by atoms with Crippen molar-refractivity contribution in [3.05, 3.63) is 217 Å². The molecule has 9 aromatic carbocycles. The standard InChI is InChI=1S/C54H38BNO/c1-36-16-8-9-22-42(36)47-35-52-48(46-23-10-12-28-51(46)56(52)41-20-6-3-7-21-41)33-39(47)32-37-17-14-26-45-43(37)24-15-25-44(45)38-30-31-50-54(34-38)57-53-29-13-11-27-49(53)55(50)40-18-4-2-5-19-40/h2-31,33-35H,32H2,1H3. The van der Waals surface area contributed by atoms with E-state index in [1.807, 2.05) is 0 Å². The van der Waals surface area contributed by atoms with Gasteiger partial charge in [-0.2, -0.15) is 0 Å². The first-order valence-electron chi connectivity index (χ1n) is 19.8. The summed E-state index contributed by atoms with van der Waals surface area (Å²) in [6.45, 7) is 2.34. The quantitative estimate of drug-likeness (QED) is 0.156. The minimum absolute atomic E-state index is 0.112. The molecule has 0 saturated heterocycles. The molecule has 1 aromatic heterocycles. The Labute approximate surface area is 333 Å². The van der Waals surface area contributed by atoms with Crippen molar-refractivity contribution in [1.82, 2.24) is 4.57 Å². The third-order valence-electron chi connectivity index (χ3n) is 12.0. The summed E-state index contributed by atoms with van der Waals surface area (Å²) < 4.78 is 9.08. The van der Waals surface area contributed by atoms with E-state index in [1.165, 1.54) is 88.0 Å². The minimum atomic E-state index is 0.112. The van der Waals surface area contributed by atoms with Crippen molar-refractivity contribution in [2.24, 2.45) is 0 Å². The van der Waals surface area contributed by atoms with Crippen LogP contribution in [0.15, 0.2) is 200 Å². The first kappa shape index (κ1) is 33.3. The van der Waals surface area contributed by atoms with Gasteiger partial charge in [-0.1, -0.05) is 163 Å². The van der Waals surface area contributed by atoms with Gasteiger partial charge in [-0.05, 0) is 116 Å². The number of aromatic nitrogens is 1. The number of aryl methyl sites for hydroxylation is 1. The van der Waals surface area contributed by atoms with Gasteiger partial charge >= 0.3 is 0 Å². The van der Waals surface area contributed by atoms with Crippen molar-refractivity contribution in [2.75, 3.05) is 0 Å². The third-order valence-corrected chi connectivity index (χ3v) is 12.0. The van der Waals surface area contributed by atoms with Gasteiger partial charge in [-0.15, -0.1) is 0 Å². The largest absolute Gasteiger partial charge is 0.458 e. The van der Waals surface area contributed by atoms with Crippen molar-refractivity contribution < 1.29 is 4.74 Å². The van der Waals surface area contributed by atoms with Crippen LogP contribution < -0.4 is 21.1 Å². The lowest BCUT2D eigenvalue weighted by Gasteiger charge is -2.27. The highest BCUT2D eigenvalue weighted by Gasteiger charge is 2.32. The summed E-state index contributed by atoms with van der Waals surface area (Å²) in [7, 11) is 0. The summed E-state index contributed by atoms with van der Waals surface area (Å²) in [5.41, 5.74) is 16.1. The minimum Gasteiger partial charge on any atom is -0.458 e. The number of para-hydroxylation sites is 3. The molecular weight excluding hydrogens is 689 g/mol.